The molecule has 2 aliphatic rings. The van der Waals surface area contributed by atoms with Crippen LogP contribution in [0.2, 0.25) is 0 Å². The maximum atomic E-state index is 12.1. The van der Waals surface area contributed by atoms with Crippen LogP contribution in [0.3, 0.4) is 0 Å². The van der Waals surface area contributed by atoms with E-state index in [1.165, 1.54) is 35.9 Å². The van der Waals surface area contributed by atoms with Crippen molar-refractivity contribution in [1.29, 1.82) is 0 Å². The third kappa shape index (κ3) is 11.3. The summed E-state index contributed by atoms with van der Waals surface area (Å²) in [6.07, 6.45) is 8.23. The van der Waals surface area contributed by atoms with Gasteiger partial charge in [-0.05, 0) is 43.9 Å². The normalized spacial score (nSPS) is 18.1. The lowest BCUT2D eigenvalue weighted by Gasteiger charge is -2.27. The zero-order chi connectivity index (χ0) is 21.7. The van der Waals surface area contributed by atoms with E-state index in [0.29, 0.717) is 26.1 Å². The zero-order valence-corrected chi connectivity index (χ0v) is 21.8. The molecular weight excluding hydrogens is 457 g/mol. The standard InChI is InChI=1S/C22H38O4S4/c1-3-22(2,16-25-20(23)10-6-4-8-18-12-27-28-13-18)17-26-21(24)11-7-5-9-19-14-29-30-15-19/h18-19H,3-17H2,1-2H3. The molecule has 0 radical (unpaired) electrons. The molecule has 2 aliphatic heterocycles. The Labute approximate surface area is 198 Å². The van der Waals surface area contributed by atoms with Crippen LogP contribution in [-0.4, -0.2) is 48.2 Å². The topological polar surface area (TPSA) is 52.6 Å². The van der Waals surface area contributed by atoms with E-state index in [-0.39, 0.29) is 17.4 Å². The van der Waals surface area contributed by atoms with Crippen molar-refractivity contribution in [1.82, 2.24) is 0 Å². The number of carbonyl (C=O) groups excluding carboxylic acids is 2. The van der Waals surface area contributed by atoms with Crippen LogP contribution < -0.4 is 0 Å². The summed E-state index contributed by atoms with van der Waals surface area (Å²) >= 11 is 0. The quantitative estimate of drug-likeness (QED) is 0.143. The number of esters is 2. The van der Waals surface area contributed by atoms with Crippen molar-refractivity contribution in [2.45, 2.75) is 71.6 Å². The molecule has 0 aromatic rings. The summed E-state index contributed by atoms with van der Waals surface area (Å²) in [5, 5.41) is 0. The Kier molecular flexibility index (Phi) is 13.5. The molecule has 2 fully saturated rings. The minimum atomic E-state index is -0.304. The highest BCUT2D eigenvalue weighted by Crippen LogP contribution is 2.37. The summed E-state index contributed by atoms with van der Waals surface area (Å²) in [6, 6.07) is 0. The SMILES string of the molecule is CCC(C)(COC(=O)CCCCC1CSSC1)COC(=O)CCCCC1CSSC1. The lowest BCUT2D eigenvalue weighted by atomic mass is 9.90. The molecule has 0 aliphatic carbocycles. The minimum absolute atomic E-state index is 0.126. The molecule has 0 spiro atoms. The molecule has 4 nitrogen and oxygen atoms in total. The van der Waals surface area contributed by atoms with Crippen LogP contribution in [0.5, 0.6) is 0 Å². The fourth-order valence-electron chi connectivity index (χ4n) is 3.31. The van der Waals surface area contributed by atoms with E-state index in [1.54, 1.807) is 0 Å². The smallest absolute Gasteiger partial charge is 0.305 e. The van der Waals surface area contributed by atoms with E-state index in [1.807, 2.05) is 50.1 Å². The molecule has 8 heteroatoms. The molecule has 0 aromatic carbocycles. The number of hydrogen-bond acceptors (Lipinski definition) is 8. The summed E-state index contributed by atoms with van der Waals surface area (Å²) in [5.41, 5.74) is -0.304. The number of ether oxygens (including phenoxy) is 2. The maximum absolute atomic E-state index is 12.1. The highest BCUT2D eigenvalue weighted by atomic mass is 33.1. The van der Waals surface area contributed by atoms with Crippen LogP contribution in [-0.2, 0) is 19.1 Å². The van der Waals surface area contributed by atoms with Crippen molar-refractivity contribution in [3.05, 3.63) is 0 Å². The van der Waals surface area contributed by atoms with Gasteiger partial charge in [0.2, 0.25) is 0 Å². The molecule has 174 valence electrons. The van der Waals surface area contributed by atoms with Crippen molar-refractivity contribution in [2.24, 2.45) is 17.3 Å². The van der Waals surface area contributed by atoms with Gasteiger partial charge in [0.05, 0.1) is 13.2 Å². The van der Waals surface area contributed by atoms with Crippen LogP contribution in [0.1, 0.15) is 71.6 Å². The Hall–Kier alpha value is 0.340. The molecule has 0 aromatic heterocycles. The summed E-state index contributed by atoms with van der Waals surface area (Å²) < 4.78 is 11.0. The number of hydrogen-bond donors (Lipinski definition) is 0. The number of unbranched alkanes of at least 4 members (excludes halogenated alkanes) is 2. The van der Waals surface area contributed by atoms with Crippen molar-refractivity contribution in [3.8, 4) is 0 Å². The Bertz CT molecular complexity index is 465. The van der Waals surface area contributed by atoms with E-state index in [4.69, 9.17) is 9.47 Å². The molecule has 0 N–H and O–H groups in total. The van der Waals surface area contributed by atoms with Crippen molar-refractivity contribution in [2.75, 3.05) is 36.2 Å². The lowest BCUT2D eigenvalue weighted by molar-refractivity contribution is -0.153. The molecule has 0 amide bonds. The summed E-state index contributed by atoms with van der Waals surface area (Å²) in [6.45, 7) is 4.72. The Morgan fingerprint density at radius 3 is 1.53 bits per heavy atom. The second kappa shape index (κ2) is 15.2. The van der Waals surface area contributed by atoms with E-state index in [0.717, 1.165) is 43.9 Å². The summed E-state index contributed by atoms with van der Waals surface area (Å²) in [4.78, 5) is 24.2. The third-order valence-corrected chi connectivity index (χ3v) is 11.3. The Morgan fingerprint density at radius 2 is 1.17 bits per heavy atom. The number of rotatable bonds is 15. The van der Waals surface area contributed by atoms with Crippen LogP contribution in [0, 0.1) is 17.3 Å². The maximum Gasteiger partial charge on any atom is 0.305 e. The summed E-state index contributed by atoms with van der Waals surface area (Å²) in [5.74, 6) is 6.38. The van der Waals surface area contributed by atoms with Gasteiger partial charge in [0.1, 0.15) is 0 Å². The van der Waals surface area contributed by atoms with Gasteiger partial charge in [-0.2, -0.15) is 0 Å². The fraction of sp³-hybridized carbons (Fsp3) is 0.909. The second-order valence-electron chi connectivity index (χ2n) is 8.85. The molecule has 2 heterocycles. The van der Waals surface area contributed by atoms with Crippen LogP contribution in [0.25, 0.3) is 0 Å². The molecule has 30 heavy (non-hydrogen) atoms. The largest absolute Gasteiger partial charge is 0.465 e. The fourth-order valence-corrected chi connectivity index (χ4v) is 9.37. The van der Waals surface area contributed by atoms with Gasteiger partial charge < -0.3 is 9.47 Å². The highest BCUT2D eigenvalue weighted by molar-refractivity contribution is 8.77. The second-order valence-corrected chi connectivity index (χ2v) is 14.0. The van der Waals surface area contributed by atoms with Crippen molar-refractivity contribution >= 4 is 55.1 Å². The predicted molar refractivity (Wildman–Crippen MR) is 134 cm³/mol. The molecule has 2 saturated heterocycles. The van der Waals surface area contributed by atoms with Crippen LogP contribution in [0.4, 0.5) is 0 Å². The van der Waals surface area contributed by atoms with Gasteiger partial charge in [0, 0.05) is 41.3 Å². The van der Waals surface area contributed by atoms with E-state index >= 15 is 0 Å². The predicted octanol–water partition coefficient (Wildman–Crippen LogP) is 6.63. The van der Waals surface area contributed by atoms with Gasteiger partial charge in [0.25, 0.3) is 0 Å². The van der Waals surface area contributed by atoms with Gasteiger partial charge >= 0.3 is 11.9 Å². The highest BCUT2D eigenvalue weighted by Gasteiger charge is 2.26. The minimum Gasteiger partial charge on any atom is -0.465 e. The van der Waals surface area contributed by atoms with E-state index < -0.39 is 0 Å². The van der Waals surface area contributed by atoms with Gasteiger partial charge in [0.15, 0.2) is 0 Å². The van der Waals surface area contributed by atoms with Crippen molar-refractivity contribution in [3.63, 3.8) is 0 Å². The molecular formula is C22H38O4S4. The van der Waals surface area contributed by atoms with Gasteiger partial charge in [-0.3, -0.25) is 9.59 Å². The molecule has 0 unspecified atom stereocenters. The monoisotopic (exact) mass is 494 g/mol. The molecule has 0 atom stereocenters. The number of carbonyl (C=O) groups is 2. The van der Waals surface area contributed by atoms with Crippen LogP contribution >= 0.6 is 43.2 Å². The zero-order valence-electron chi connectivity index (χ0n) is 18.5. The average molecular weight is 495 g/mol. The first-order chi connectivity index (χ1) is 14.5. The van der Waals surface area contributed by atoms with Gasteiger partial charge in [-0.15, -0.1) is 0 Å². The first kappa shape index (κ1) is 26.6. The Morgan fingerprint density at radius 1 is 0.767 bits per heavy atom. The van der Waals surface area contributed by atoms with Gasteiger partial charge in [-0.1, -0.05) is 69.9 Å². The average Bonchev–Trinajstić information content (AvgIpc) is 3.45. The van der Waals surface area contributed by atoms with E-state index in [9.17, 15) is 9.59 Å². The van der Waals surface area contributed by atoms with Crippen LogP contribution in [0.15, 0.2) is 0 Å². The lowest BCUT2D eigenvalue weighted by Crippen LogP contribution is -2.31. The van der Waals surface area contributed by atoms with Gasteiger partial charge in [-0.25, -0.2) is 0 Å². The first-order valence-electron chi connectivity index (χ1n) is 11.3. The molecule has 2 rings (SSSR count). The van der Waals surface area contributed by atoms with Crippen molar-refractivity contribution < 1.29 is 19.1 Å². The van der Waals surface area contributed by atoms with E-state index in [2.05, 4.69) is 6.92 Å². The Balaban J connectivity index is 1.51. The molecule has 0 bridgehead atoms. The third-order valence-electron chi connectivity index (χ3n) is 5.88. The molecule has 0 saturated carbocycles. The first-order valence-corrected chi connectivity index (χ1v) is 16.3. The summed E-state index contributed by atoms with van der Waals surface area (Å²) in [7, 11) is 7.86.